The molecule has 1 aliphatic heterocycles. The molecule has 0 bridgehead atoms. The molecule has 1 atom stereocenters. The number of likely N-dealkylation sites (tertiary alicyclic amines) is 1. The van der Waals surface area contributed by atoms with Crippen molar-refractivity contribution in [2.75, 3.05) is 13.1 Å². The average molecular weight is 367 g/mol. The summed E-state index contributed by atoms with van der Waals surface area (Å²) in [5.41, 5.74) is -1.91. The van der Waals surface area contributed by atoms with E-state index in [0.29, 0.717) is 0 Å². The lowest BCUT2D eigenvalue weighted by molar-refractivity contribution is -0.139. The maximum Gasteiger partial charge on any atom is 0.416 e. The van der Waals surface area contributed by atoms with Crippen molar-refractivity contribution in [3.63, 3.8) is 0 Å². The van der Waals surface area contributed by atoms with Crippen molar-refractivity contribution in [3.05, 3.63) is 54.1 Å². The molecule has 5 nitrogen and oxygen atoms in total. The number of rotatable bonds is 3. The zero-order chi connectivity index (χ0) is 18.9. The minimum Gasteiger partial charge on any atom is -0.385 e. The fourth-order valence-corrected chi connectivity index (χ4v) is 3.26. The van der Waals surface area contributed by atoms with Crippen LogP contribution in [0.5, 0.6) is 0 Å². The minimum absolute atomic E-state index is 0.103. The SMILES string of the molecule is CC(C(=O)N1CCC(O)(c2cccc(C(F)(F)F)c2)CC1)n1ccnc1. The summed E-state index contributed by atoms with van der Waals surface area (Å²) in [6.45, 7) is 2.33. The first-order chi connectivity index (χ1) is 12.2. The van der Waals surface area contributed by atoms with Crippen LogP contribution in [0.3, 0.4) is 0 Å². The van der Waals surface area contributed by atoms with Gasteiger partial charge in [0.05, 0.1) is 17.5 Å². The van der Waals surface area contributed by atoms with Crippen molar-refractivity contribution in [2.45, 2.75) is 37.6 Å². The van der Waals surface area contributed by atoms with E-state index in [9.17, 15) is 23.1 Å². The number of aliphatic hydroxyl groups is 1. The van der Waals surface area contributed by atoms with Crippen LogP contribution in [-0.4, -0.2) is 38.6 Å². The molecule has 1 unspecified atom stereocenters. The highest BCUT2D eigenvalue weighted by molar-refractivity contribution is 5.80. The number of carbonyl (C=O) groups is 1. The highest BCUT2D eigenvalue weighted by Crippen LogP contribution is 2.37. The molecule has 1 fully saturated rings. The summed E-state index contributed by atoms with van der Waals surface area (Å²) < 4.78 is 40.4. The van der Waals surface area contributed by atoms with Crippen LogP contribution in [0.4, 0.5) is 13.2 Å². The van der Waals surface area contributed by atoms with Gasteiger partial charge in [-0.15, -0.1) is 0 Å². The largest absolute Gasteiger partial charge is 0.416 e. The summed E-state index contributed by atoms with van der Waals surface area (Å²) in [6, 6.07) is 4.36. The number of carbonyl (C=O) groups excluding carboxylic acids is 1. The van der Waals surface area contributed by atoms with E-state index >= 15 is 0 Å². The number of hydrogen-bond acceptors (Lipinski definition) is 3. The Balaban J connectivity index is 1.70. The molecule has 0 saturated carbocycles. The van der Waals surface area contributed by atoms with Gasteiger partial charge >= 0.3 is 6.18 Å². The van der Waals surface area contributed by atoms with Gasteiger partial charge in [-0.2, -0.15) is 13.2 Å². The molecule has 1 aromatic heterocycles. The Morgan fingerprint density at radius 2 is 2.00 bits per heavy atom. The highest BCUT2D eigenvalue weighted by atomic mass is 19.4. The van der Waals surface area contributed by atoms with E-state index in [1.807, 2.05) is 0 Å². The Morgan fingerprint density at radius 3 is 2.58 bits per heavy atom. The van der Waals surface area contributed by atoms with E-state index < -0.39 is 23.4 Å². The topological polar surface area (TPSA) is 58.4 Å². The molecular formula is C18H20F3N3O2. The summed E-state index contributed by atoms with van der Waals surface area (Å²) in [5.74, 6) is -0.103. The summed E-state index contributed by atoms with van der Waals surface area (Å²) in [6.07, 6.45) is 0.778. The predicted octanol–water partition coefficient (Wildman–Crippen LogP) is 2.97. The predicted molar refractivity (Wildman–Crippen MR) is 88.1 cm³/mol. The molecule has 2 aromatic rings. The molecule has 1 aromatic carbocycles. The van der Waals surface area contributed by atoms with Crippen LogP contribution in [0.15, 0.2) is 43.0 Å². The molecule has 1 saturated heterocycles. The van der Waals surface area contributed by atoms with E-state index in [0.717, 1.165) is 12.1 Å². The Morgan fingerprint density at radius 1 is 1.31 bits per heavy atom. The van der Waals surface area contributed by atoms with Crippen LogP contribution in [-0.2, 0) is 16.6 Å². The lowest BCUT2D eigenvalue weighted by Gasteiger charge is -2.39. The monoisotopic (exact) mass is 367 g/mol. The third kappa shape index (κ3) is 3.60. The van der Waals surface area contributed by atoms with E-state index in [1.54, 1.807) is 35.1 Å². The van der Waals surface area contributed by atoms with Gasteiger partial charge in [-0.1, -0.05) is 12.1 Å². The summed E-state index contributed by atoms with van der Waals surface area (Å²) in [5, 5.41) is 10.8. The van der Waals surface area contributed by atoms with E-state index in [-0.39, 0.29) is 37.4 Å². The van der Waals surface area contributed by atoms with Gasteiger partial charge in [-0.25, -0.2) is 4.98 Å². The van der Waals surface area contributed by atoms with Gasteiger partial charge < -0.3 is 14.6 Å². The van der Waals surface area contributed by atoms with Crippen molar-refractivity contribution in [2.24, 2.45) is 0 Å². The first-order valence-corrected chi connectivity index (χ1v) is 8.37. The van der Waals surface area contributed by atoms with Crippen LogP contribution in [0, 0.1) is 0 Å². The van der Waals surface area contributed by atoms with Crippen molar-refractivity contribution >= 4 is 5.91 Å². The van der Waals surface area contributed by atoms with Gasteiger partial charge in [0.25, 0.3) is 0 Å². The van der Waals surface area contributed by atoms with Crippen LogP contribution < -0.4 is 0 Å². The normalized spacial score (nSPS) is 18.6. The molecule has 140 valence electrons. The number of benzene rings is 1. The maximum absolute atomic E-state index is 12.9. The molecule has 1 N–H and O–H groups in total. The first kappa shape index (κ1) is 18.4. The Kier molecular flexibility index (Phi) is 4.79. The second kappa shape index (κ2) is 6.75. The van der Waals surface area contributed by atoms with E-state index in [4.69, 9.17) is 0 Å². The van der Waals surface area contributed by atoms with Gasteiger partial charge in [0.15, 0.2) is 0 Å². The number of aromatic nitrogens is 2. The van der Waals surface area contributed by atoms with Gasteiger partial charge in [0.2, 0.25) is 5.91 Å². The van der Waals surface area contributed by atoms with Gasteiger partial charge in [-0.05, 0) is 37.5 Å². The molecule has 1 aliphatic rings. The molecule has 3 rings (SSSR count). The highest BCUT2D eigenvalue weighted by Gasteiger charge is 2.38. The smallest absolute Gasteiger partial charge is 0.385 e. The molecule has 26 heavy (non-hydrogen) atoms. The third-order valence-electron chi connectivity index (χ3n) is 4.96. The standard InChI is InChI=1S/C18H20F3N3O2/c1-13(24-10-7-22-12-24)16(25)23-8-5-17(26,6-9-23)14-3-2-4-15(11-14)18(19,20)21/h2-4,7,10-13,26H,5-6,8-9H2,1H3. The molecule has 0 spiro atoms. The van der Waals surface area contributed by atoms with E-state index in [1.165, 1.54) is 12.1 Å². The quantitative estimate of drug-likeness (QED) is 0.907. The van der Waals surface area contributed by atoms with Crippen molar-refractivity contribution in [1.82, 2.24) is 14.5 Å². The van der Waals surface area contributed by atoms with Crippen LogP contribution >= 0.6 is 0 Å². The number of nitrogens with zero attached hydrogens (tertiary/aromatic N) is 3. The zero-order valence-electron chi connectivity index (χ0n) is 14.3. The van der Waals surface area contributed by atoms with Crippen molar-refractivity contribution in [3.8, 4) is 0 Å². The fraction of sp³-hybridized carbons (Fsp3) is 0.444. The summed E-state index contributed by atoms with van der Waals surface area (Å²) >= 11 is 0. The average Bonchev–Trinajstić information content (AvgIpc) is 3.15. The number of imidazole rings is 1. The van der Waals surface area contributed by atoms with Gasteiger partial charge in [0, 0.05) is 25.5 Å². The van der Waals surface area contributed by atoms with Crippen molar-refractivity contribution in [1.29, 1.82) is 0 Å². The molecule has 0 radical (unpaired) electrons. The fourth-order valence-electron chi connectivity index (χ4n) is 3.26. The molecule has 2 heterocycles. The molecule has 1 amide bonds. The Bertz CT molecular complexity index is 766. The second-order valence-corrected chi connectivity index (χ2v) is 6.62. The third-order valence-corrected chi connectivity index (χ3v) is 4.96. The van der Waals surface area contributed by atoms with Gasteiger partial charge in [-0.3, -0.25) is 4.79 Å². The van der Waals surface area contributed by atoms with Gasteiger partial charge in [0.1, 0.15) is 6.04 Å². The molecule has 0 aliphatic carbocycles. The summed E-state index contributed by atoms with van der Waals surface area (Å²) in [4.78, 5) is 18.1. The second-order valence-electron chi connectivity index (χ2n) is 6.62. The lowest BCUT2D eigenvalue weighted by Crippen LogP contribution is -2.47. The Hall–Kier alpha value is -2.35. The van der Waals surface area contributed by atoms with E-state index in [2.05, 4.69) is 4.98 Å². The van der Waals surface area contributed by atoms with Crippen LogP contribution in [0.25, 0.3) is 0 Å². The number of halogens is 3. The number of amides is 1. The zero-order valence-corrected chi connectivity index (χ0v) is 14.3. The first-order valence-electron chi connectivity index (χ1n) is 8.37. The molecular weight excluding hydrogens is 347 g/mol. The van der Waals surface area contributed by atoms with Crippen LogP contribution in [0.2, 0.25) is 0 Å². The number of hydrogen-bond donors (Lipinski definition) is 1. The maximum atomic E-state index is 12.9. The number of alkyl halides is 3. The van der Waals surface area contributed by atoms with Crippen LogP contribution in [0.1, 0.15) is 36.9 Å². The minimum atomic E-state index is -4.46. The number of piperidine rings is 1. The Labute approximate surface area is 149 Å². The molecule has 8 heteroatoms. The lowest BCUT2D eigenvalue weighted by atomic mass is 9.83. The van der Waals surface area contributed by atoms with Crippen molar-refractivity contribution < 1.29 is 23.1 Å². The summed E-state index contributed by atoms with van der Waals surface area (Å²) in [7, 11) is 0.